The van der Waals surface area contributed by atoms with Crippen LogP contribution in [0.2, 0.25) is 0 Å². The van der Waals surface area contributed by atoms with E-state index in [-0.39, 0.29) is 5.92 Å². The van der Waals surface area contributed by atoms with E-state index in [2.05, 4.69) is 21.8 Å². The number of hydrogen-bond donors (Lipinski definition) is 0. The molecule has 14 heavy (non-hydrogen) atoms. The molecule has 0 aliphatic rings. The molecule has 1 aromatic rings. The molecule has 76 valence electrons. The van der Waals surface area contributed by atoms with E-state index in [9.17, 15) is 13.2 Å². The van der Waals surface area contributed by atoms with Crippen LogP contribution >= 0.6 is 0 Å². The van der Waals surface area contributed by atoms with Gasteiger partial charge in [-0.25, -0.2) is 4.98 Å². The zero-order valence-corrected chi connectivity index (χ0v) is 7.41. The summed E-state index contributed by atoms with van der Waals surface area (Å²) in [5.74, 6) is -1.38. The lowest BCUT2D eigenvalue weighted by Crippen LogP contribution is -2.13. The fourth-order valence-corrected chi connectivity index (χ4v) is 0.743. The first-order chi connectivity index (χ1) is 6.45. The molecule has 1 atom stereocenters. The molecule has 0 amide bonds. The van der Waals surface area contributed by atoms with Crippen molar-refractivity contribution in [3.05, 3.63) is 30.4 Å². The Morgan fingerprint density at radius 3 is 2.43 bits per heavy atom. The number of aromatic nitrogens is 3. The second-order valence-electron chi connectivity index (χ2n) is 2.73. The first-order valence-electron chi connectivity index (χ1n) is 3.84. The van der Waals surface area contributed by atoms with Crippen LogP contribution < -0.4 is 0 Å². The molecule has 0 aliphatic carbocycles. The number of alkyl halides is 3. The molecule has 6 heteroatoms. The predicted molar refractivity (Wildman–Crippen MR) is 43.4 cm³/mol. The van der Waals surface area contributed by atoms with Crippen LogP contribution in [0.5, 0.6) is 0 Å². The van der Waals surface area contributed by atoms with Crippen molar-refractivity contribution >= 4 is 0 Å². The molecule has 0 saturated carbocycles. The van der Waals surface area contributed by atoms with Crippen molar-refractivity contribution in [3.8, 4) is 0 Å². The maximum Gasteiger partial charge on any atom is 0.453 e. The zero-order valence-electron chi connectivity index (χ0n) is 7.41. The monoisotopic (exact) mass is 203 g/mol. The van der Waals surface area contributed by atoms with Gasteiger partial charge in [-0.1, -0.05) is 13.0 Å². The molecule has 0 spiro atoms. The lowest BCUT2D eigenvalue weighted by molar-refractivity contribution is -0.145. The Hall–Kier alpha value is -1.46. The summed E-state index contributed by atoms with van der Waals surface area (Å²) in [6.45, 7) is 5.23. The maximum atomic E-state index is 12.0. The molecular weight excluding hydrogens is 195 g/mol. The fraction of sp³-hybridized carbons (Fsp3) is 0.375. The summed E-state index contributed by atoms with van der Waals surface area (Å²) >= 11 is 0. The number of nitrogens with zero attached hydrogens (tertiary/aromatic N) is 3. The highest BCUT2D eigenvalue weighted by molar-refractivity contribution is 5.08. The summed E-state index contributed by atoms with van der Waals surface area (Å²) in [5, 5.41) is 6.40. The quantitative estimate of drug-likeness (QED) is 0.691. The van der Waals surface area contributed by atoms with E-state index in [1.807, 2.05) is 0 Å². The van der Waals surface area contributed by atoms with Gasteiger partial charge < -0.3 is 0 Å². The van der Waals surface area contributed by atoms with Crippen molar-refractivity contribution in [1.29, 1.82) is 0 Å². The van der Waals surface area contributed by atoms with Crippen LogP contribution in [0, 0.1) is 0 Å². The predicted octanol–water partition coefficient (Wildman–Crippen LogP) is 2.18. The number of halogens is 3. The van der Waals surface area contributed by atoms with E-state index in [4.69, 9.17) is 0 Å². The van der Waals surface area contributed by atoms with E-state index < -0.39 is 12.0 Å². The Balaban J connectivity index is 2.95. The van der Waals surface area contributed by atoms with Gasteiger partial charge in [0, 0.05) is 5.92 Å². The van der Waals surface area contributed by atoms with Crippen LogP contribution in [0.1, 0.15) is 24.4 Å². The average molecular weight is 203 g/mol. The summed E-state index contributed by atoms with van der Waals surface area (Å²) in [7, 11) is 0. The van der Waals surface area contributed by atoms with Crippen molar-refractivity contribution < 1.29 is 13.2 Å². The lowest BCUT2D eigenvalue weighted by Gasteiger charge is -2.06. The third-order valence-corrected chi connectivity index (χ3v) is 1.65. The van der Waals surface area contributed by atoms with Crippen LogP contribution in [0.3, 0.4) is 0 Å². The fourth-order valence-electron chi connectivity index (χ4n) is 0.743. The van der Waals surface area contributed by atoms with Crippen molar-refractivity contribution in [2.24, 2.45) is 0 Å². The molecule has 0 saturated heterocycles. The number of allylic oxidation sites excluding steroid dienone is 1. The van der Waals surface area contributed by atoms with Crippen molar-refractivity contribution in [1.82, 2.24) is 15.2 Å². The topological polar surface area (TPSA) is 38.7 Å². The van der Waals surface area contributed by atoms with Gasteiger partial charge in [-0.2, -0.15) is 18.3 Å². The molecule has 1 heterocycles. The highest BCUT2D eigenvalue weighted by Gasteiger charge is 2.35. The highest BCUT2D eigenvalue weighted by Crippen LogP contribution is 2.25. The lowest BCUT2D eigenvalue weighted by atomic mass is 10.1. The van der Waals surface area contributed by atoms with Crippen LogP contribution in [0.15, 0.2) is 18.9 Å². The normalized spacial score (nSPS) is 13.7. The van der Waals surface area contributed by atoms with Gasteiger partial charge in [0.2, 0.25) is 0 Å². The third kappa shape index (κ3) is 2.27. The van der Waals surface area contributed by atoms with Gasteiger partial charge in [0.25, 0.3) is 5.82 Å². The van der Waals surface area contributed by atoms with Crippen molar-refractivity contribution in [2.75, 3.05) is 0 Å². The Morgan fingerprint density at radius 2 is 2.07 bits per heavy atom. The molecule has 0 aliphatic heterocycles. The van der Waals surface area contributed by atoms with Crippen molar-refractivity contribution in [2.45, 2.75) is 19.0 Å². The minimum Gasteiger partial charge on any atom is -0.229 e. The molecule has 1 rings (SSSR count). The van der Waals surface area contributed by atoms with Gasteiger partial charge in [-0.05, 0) is 0 Å². The van der Waals surface area contributed by atoms with Gasteiger partial charge >= 0.3 is 6.18 Å². The minimum atomic E-state index is -4.54. The van der Waals surface area contributed by atoms with Crippen molar-refractivity contribution in [3.63, 3.8) is 0 Å². The second-order valence-corrected chi connectivity index (χ2v) is 2.73. The highest BCUT2D eigenvalue weighted by atomic mass is 19.4. The second kappa shape index (κ2) is 3.73. The SMILES string of the molecule is C=CC(C)c1cnc(C(F)(F)F)nn1. The summed E-state index contributed by atoms with van der Waals surface area (Å²) in [6, 6.07) is 0. The molecular formula is C8H8F3N3. The average Bonchev–Trinajstić information content (AvgIpc) is 2.15. The van der Waals surface area contributed by atoms with E-state index in [0.717, 1.165) is 6.20 Å². The first kappa shape index (κ1) is 10.6. The van der Waals surface area contributed by atoms with Gasteiger partial charge in [-0.15, -0.1) is 11.7 Å². The third-order valence-electron chi connectivity index (χ3n) is 1.65. The molecule has 1 aromatic heterocycles. The Bertz CT molecular complexity index is 318. The van der Waals surface area contributed by atoms with Crippen LogP contribution in [-0.4, -0.2) is 15.2 Å². The van der Waals surface area contributed by atoms with E-state index in [1.165, 1.54) is 0 Å². The van der Waals surface area contributed by atoms with Gasteiger partial charge in [-0.3, -0.25) is 0 Å². The summed E-state index contributed by atoms with van der Waals surface area (Å²) < 4.78 is 36.1. The van der Waals surface area contributed by atoms with E-state index in [1.54, 1.807) is 13.0 Å². The molecule has 1 unspecified atom stereocenters. The summed E-state index contributed by atoms with van der Waals surface area (Å²) in [6.07, 6.45) is -1.93. The standard InChI is InChI=1S/C8H8F3N3/c1-3-5(2)6-4-12-7(14-13-6)8(9,10)11/h3-5H,1H2,2H3. The molecule has 3 nitrogen and oxygen atoms in total. The maximum absolute atomic E-state index is 12.0. The Kier molecular flexibility index (Phi) is 2.83. The molecule has 0 radical (unpaired) electrons. The van der Waals surface area contributed by atoms with Crippen LogP contribution in [0.25, 0.3) is 0 Å². The van der Waals surface area contributed by atoms with Crippen LogP contribution in [-0.2, 0) is 6.18 Å². The Morgan fingerprint density at radius 1 is 1.43 bits per heavy atom. The smallest absolute Gasteiger partial charge is 0.229 e. The molecule has 0 bridgehead atoms. The van der Waals surface area contributed by atoms with Gasteiger partial charge in [0.05, 0.1) is 11.9 Å². The summed E-state index contributed by atoms with van der Waals surface area (Å²) in [4.78, 5) is 3.17. The number of rotatable bonds is 2. The van der Waals surface area contributed by atoms with E-state index in [0.29, 0.717) is 5.69 Å². The largest absolute Gasteiger partial charge is 0.453 e. The minimum absolute atomic E-state index is 0.155. The first-order valence-corrected chi connectivity index (χ1v) is 3.84. The number of hydrogen-bond acceptors (Lipinski definition) is 3. The van der Waals surface area contributed by atoms with Gasteiger partial charge in [0.1, 0.15) is 0 Å². The van der Waals surface area contributed by atoms with Crippen LogP contribution in [0.4, 0.5) is 13.2 Å². The van der Waals surface area contributed by atoms with E-state index >= 15 is 0 Å². The zero-order chi connectivity index (χ0) is 10.8. The molecule has 0 aromatic carbocycles. The molecule has 0 N–H and O–H groups in total. The molecule has 0 fully saturated rings. The Labute approximate surface area is 78.7 Å². The summed E-state index contributed by atoms with van der Waals surface area (Å²) in [5.41, 5.74) is 0.369. The van der Waals surface area contributed by atoms with Gasteiger partial charge in [0.15, 0.2) is 0 Å².